The van der Waals surface area contributed by atoms with Gasteiger partial charge in [-0.15, -0.1) is 0 Å². The van der Waals surface area contributed by atoms with Crippen molar-refractivity contribution in [2.75, 3.05) is 25.6 Å². The number of anilines is 1. The molecule has 1 saturated heterocycles. The van der Waals surface area contributed by atoms with Crippen LogP contribution >= 0.6 is 0 Å². The Morgan fingerprint density at radius 2 is 1.97 bits per heavy atom. The van der Waals surface area contributed by atoms with E-state index in [9.17, 15) is 14.3 Å². The molecule has 0 bridgehead atoms. The third-order valence-corrected chi connectivity index (χ3v) is 5.64. The van der Waals surface area contributed by atoms with Gasteiger partial charge in [0.15, 0.2) is 0 Å². The number of nitrogens with zero attached hydrogens (tertiary/aromatic N) is 2. The predicted octanol–water partition coefficient (Wildman–Crippen LogP) is 3.22. The number of halogens is 1. The van der Waals surface area contributed by atoms with Crippen molar-refractivity contribution < 1.29 is 19.0 Å². The summed E-state index contributed by atoms with van der Waals surface area (Å²) in [7, 11) is 0. The van der Waals surface area contributed by atoms with Crippen LogP contribution in [0.5, 0.6) is 0 Å². The van der Waals surface area contributed by atoms with E-state index in [1.54, 1.807) is 36.5 Å². The number of benzene rings is 2. The molecule has 1 aliphatic heterocycles. The maximum absolute atomic E-state index is 14.9. The molecule has 0 aliphatic carbocycles. The normalized spacial score (nSPS) is 15.3. The molecule has 2 heterocycles. The number of nitrogen functional groups attached to an aromatic ring is 1. The van der Waals surface area contributed by atoms with Gasteiger partial charge in [-0.3, -0.25) is 4.79 Å². The minimum absolute atomic E-state index is 0.129. The van der Waals surface area contributed by atoms with Crippen molar-refractivity contribution in [2.24, 2.45) is 0 Å². The Balaban J connectivity index is 1.56. The van der Waals surface area contributed by atoms with Crippen LogP contribution in [0.4, 0.5) is 10.2 Å². The summed E-state index contributed by atoms with van der Waals surface area (Å²) < 4.78 is 20.3. The van der Waals surface area contributed by atoms with Crippen molar-refractivity contribution >= 4 is 11.7 Å². The first-order valence-electron chi connectivity index (χ1n) is 10.5. The molecule has 4 N–H and O–H groups in total. The summed E-state index contributed by atoms with van der Waals surface area (Å²) >= 11 is 0. The highest BCUT2D eigenvalue weighted by atomic mass is 19.1. The Morgan fingerprint density at radius 1 is 1.22 bits per heavy atom. The highest BCUT2D eigenvalue weighted by molar-refractivity contribution is 5.95. The third kappa shape index (κ3) is 4.76. The van der Waals surface area contributed by atoms with Crippen LogP contribution < -0.4 is 11.1 Å². The standard InChI is InChI=1S/C24H25FN4O3/c25-19-12-17(22-23(26)27-13-20(28-22)16-8-10-32-11-9-16)6-7-18(19)24(31)29-21(14-30)15-4-2-1-3-5-15/h1-7,12-13,16,21,30H,8-11,14H2,(H2,26,27)(H,29,31). The zero-order chi connectivity index (χ0) is 22.5. The topological polar surface area (TPSA) is 110 Å². The number of aliphatic hydroxyl groups is 1. The van der Waals surface area contributed by atoms with Crippen LogP contribution in [0.25, 0.3) is 11.3 Å². The van der Waals surface area contributed by atoms with Crippen molar-refractivity contribution in [2.45, 2.75) is 24.8 Å². The molecule has 0 saturated carbocycles. The number of carbonyl (C=O) groups excluding carboxylic acids is 1. The molecular formula is C24H25FN4O3. The van der Waals surface area contributed by atoms with Crippen LogP contribution in [0.1, 0.15) is 46.4 Å². The summed E-state index contributed by atoms with van der Waals surface area (Å²) in [6.45, 7) is 1.03. The molecule has 32 heavy (non-hydrogen) atoms. The van der Waals surface area contributed by atoms with Crippen molar-refractivity contribution in [1.29, 1.82) is 0 Å². The van der Waals surface area contributed by atoms with Crippen molar-refractivity contribution in [3.63, 3.8) is 0 Å². The van der Waals surface area contributed by atoms with Crippen LogP contribution in [0.2, 0.25) is 0 Å². The second-order valence-electron chi connectivity index (χ2n) is 7.73. The summed E-state index contributed by atoms with van der Waals surface area (Å²) in [5, 5.41) is 12.3. The number of hydrogen-bond acceptors (Lipinski definition) is 6. The van der Waals surface area contributed by atoms with Gasteiger partial charge < -0.3 is 20.9 Å². The number of nitrogens with two attached hydrogens (primary N) is 1. The van der Waals surface area contributed by atoms with E-state index in [-0.39, 0.29) is 23.9 Å². The first-order valence-corrected chi connectivity index (χ1v) is 10.5. The van der Waals surface area contributed by atoms with Gasteiger partial charge in [-0.1, -0.05) is 36.4 Å². The maximum Gasteiger partial charge on any atom is 0.254 e. The summed E-state index contributed by atoms with van der Waals surface area (Å²) in [6.07, 6.45) is 3.35. The molecule has 3 aromatic rings. The Kier molecular flexibility index (Phi) is 6.72. The molecule has 166 valence electrons. The number of amides is 1. The van der Waals surface area contributed by atoms with Gasteiger partial charge in [0.1, 0.15) is 17.3 Å². The molecule has 4 rings (SSSR count). The Morgan fingerprint density at radius 3 is 2.66 bits per heavy atom. The van der Waals surface area contributed by atoms with Crippen molar-refractivity contribution in [3.8, 4) is 11.3 Å². The second kappa shape index (κ2) is 9.84. The molecule has 7 nitrogen and oxygen atoms in total. The molecule has 0 radical (unpaired) electrons. The molecule has 1 aromatic heterocycles. The van der Waals surface area contributed by atoms with Gasteiger partial charge >= 0.3 is 0 Å². The Hall–Kier alpha value is -3.36. The average molecular weight is 436 g/mol. The maximum atomic E-state index is 14.9. The summed E-state index contributed by atoms with van der Waals surface area (Å²) in [5.74, 6) is -0.907. The highest BCUT2D eigenvalue weighted by Crippen LogP contribution is 2.30. The van der Waals surface area contributed by atoms with Gasteiger partial charge in [0.25, 0.3) is 5.91 Å². The van der Waals surface area contributed by atoms with Gasteiger partial charge in [0.05, 0.1) is 30.1 Å². The Labute approximate surface area is 185 Å². The van der Waals surface area contributed by atoms with Gasteiger partial charge in [-0.05, 0) is 30.5 Å². The van der Waals surface area contributed by atoms with Crippen LogP contribution in [0, 0.1) is 5.82 Å². The molecule has 8 heteroatoms. The van der Waals surface area contributed by atoms with E-state index in [0.29, 0.717) is 24.5 Å². The largest absolute Gasteiger partial charge is 0.394 e. The minimum atomic E-state index is -0.706. The van der Waals surface area contributed by atoms with Crippen molar-refractivity contribution in [1.82, 2.24) is 15.3 Å². The lowest BCUT2D eigenvalue weighted by molar-refractivity contribution is 0.0844. The molecule has 2 aromatic carbocycles. The molecule has 1 unspecified atom stereocenters. The molecule has 1 aliphatic rings. The van der Waals surface area contributed by atoms with E-state index in [1.807, 2.05) is 6.07 Å². The summed E-state index contributed by atoms with van der Waals surface area (Å²) in [5.41, 5.74) is 8.25. The molecule has 1 fully saturated rings. The smallest absolute Gasteiger partial charge is 0.254 e. The van der Waals surface area contributed by atoms with Crippen LogP contribution in [-0.4, -0.2) is 40.8 Å². The number of hydrogen-bond donors (Lipinski definition) is 3. The SMILES string of the molecule is Nc1ncc(C2CCOCC2)nc1-c1ccc(C(=O)NC(CO)c2ccccc2)c(F)c1. The fraction of sp³-hybridized carbons (Fsp3) is 0.292. The second-order valence-corrected chi connectivity index (χ2v) is 7.73. The number of carbonyl (C=O) groups is 1. The van der Waals surface area contributed by atoms with E-state index in [0.717, 1.165) is 24.1 Å². The molecule has 0 spiro atoms. The van der Waals surface area contributed by atoms with E-state index < -0.39 is 17.8 Å². The zero-order valence-electron chi connectivity index (χ0n) is 17.5. The minimum Gasteiger partial charge on any atom is -0.394 e. The third-order valence-electron chi connectivity index (χ3n) is 5.64. The number of nitrogens with one attached hydrogen (secondary N) is 1. The molecule has 1 amide bonds. The van der Waals surface area contributed by atoms with Gasteiger partial charge in [-0.25, -0.2) is 14.4 Å². The van der Waals surface area contributed by atoms with Gasteiger partial charge in [0.2, 0.25) is 0 Å². The first kappa shape index (κ1) is 21.9. The lowest BCUT2D eigenvalue weighted by atomic mass is 9.96. The number of rotatable bonds is 6. The van der Waals surface area contributed by atoms with E-state index in [1.165, 1.54) is 12.1 Å². The van der Waals surface area contributed by atoms with Gasteiger partial charge in [-0.2, -0.15) is 0 Å². The van der Waals surface area contributed by atoms with E-state index in [4.69, 9.17) is 10.5 Å². The van der Waals surface area contributed by atoms with Crippen LogP contribution in [0.3, 0.4) is 0 Å². The van der Waals surface area contributed by atoms with Crippen molar-refractivity contribution in [3.05, 3.63) is 77.4 Å². The quantitative estimate of drug-likeness (QED) is 0.547. The zero-order valence-corrected chi connectivity index (χ0v) is 17.5. The van der Waals surface area contributed by atoms with Gasteiger partial charge in [0, 0.05) is 24.7 Å². The molecule has 1 atom stereocenters. The number of ether oxygens (including phenoxy) is 1. The average Bonchev–Trinajstić information content (AvgIpc) is 2.83. The predicted molar refractivity (Wildman–Crippen MR) is 118 cm³/mol. The number of aromatic nitrogens is 2. The lowest BCUT2D eigenvalue weighted by Gasteiger charge is -2.22. The fourth-order valence-electron chi connectivity index (χ4n) is 3.82. The summed E-state index contributed by atoms with van der Waals surface area (Å²) in [4.78, 5) is 21.5. The highest BCUT2D eigenvalue weighted by Gasteiger charge is 2.21. The van der Waals surface area contributed by atoms with Crippen LogP contribution in [0.15, 0.2) is 54.7 Å². The lowest BCUT2D eigenvalue weighted by Crippen LogP contribution is -2.31. The number of aliphatic hydroxyl groups excluding tert-OH is 1. The molecular weight excluding hydrogens is 411 g/mol. The van der Waals surface area contributed by atoms with Crippen LogP contribution in [-0.2, 0) is 4.74 Å². The monoisotopic (exact) mass is 436 g/mol. The van der Waals surface area contributed by atoms with E-state index >= 15 is 0 Å². The Bertz CT molecular complexity index is 1090. The first-order chi connectivity index (χ1) is 15.6. The fourth-order valence-corrected chi connectivity index (χ4v) is 3.82. The van der Waals surface area contributed by atoms with E-state index in [2.05, 4.69) is 15.3 Å². The summed E-state index contributed by atoms with van der Waals surface area (Å²) in [6, 6.07) is 12.6.